The predicted octanol–water partition coefficient (Wildman–Crippen LogP) is 3.96. The van der Waals surface area contributed by atoms with Gasteiger partial charge in [-0.2, -0.15) is 10.1 Å². The number of amidine groups is 1. The fourth-order valence-corrected chi connectivity index (χ4v) is 4.47. The van der Waals surface area contributed by atoms with Gasteiger partial charge in [0, 0.05) is 22.0 Å². The number of aromatic nitrogens is 2. The molecule has 2 N–H and O–H groups in total. The molecule has 32 heavy (non-hydrogen) atoms. The number of nitrogens with zero attached hydrogens (tertiary/aromatic N) is 3. The van der Waals surface area contributed by atoms with Gasteiger partial charge in [-0.25, -0.2) is 0 Å². The van der Waals surface area contributed by atoms with Crippen LogP contribution in [0.15, 0.2) is 52.5 Å². The van der Waals surface area contributed by atoms with Crippen molar-refractivity contribution >= 4 is 63.0 Å². The molecule has 1 aliphatic heterocycles. The van der Waals surface area contributed by atoms with E-state index in [9.17, 15) is 4.79 Å². The van der Waals surface area contributed by atoms with Gasteiger partial charge in [0.15, 0.2) is 5.17 Å². The Morgan fingerprint density at radius 2 is 2.06 bits per heavy atom. The summed E-state index contributed by atoms with van der Waals surface area (Å²) in [6, 6.07) is 11.3. The van der Waals surface area contributed by atoms with Crippen molar-refractivity contribution in [1.82, 2.24) is 15.1 Å². The monoisotopic (exact) mass is 490 g/mol. The van der Waals surface area contributed by atoms with E-state index >= 15 is 0 Å². The summed E-state index contributed by atoms with van der Waals surface area (Å²) in [5, 5.41) is 18.9. The number of rotatable bonds is 8. The molecule has 1 aliphatic rings. The van der Waals surface area contributed by atoms with Gasteiger partial charge < -0.3 is 15.2 Å². The van der Waals surface area contributed by atoms with Gasteiger partial charge in [-0.15, -0.1) is 0 Å². The van der Waals surface area contributed by atoms with Crippen LogP contribution in [0.2, 0.25) is 10.0 Å². The molecule has 0 atom stereocenters. The molecule has 0 spiro atoms. The van der Waals surface area contributed by atoms with Crippen LogP contribution in [-0.2, 0) is 16.1 Å². The third-order valence-electron chi connectivity index (χ3n) is 4.68. The average Bonchev–Trinajstić information content (AvgIpc) is 3.32. The summed E-state index contributed by atoms with van der Waals surface area (Å²) in [6.45, 7) is 1.74. The Kier molecular flexibility index (Phi) is 7.49. The summed E-state index contributed by atoms with van der Waals surface area (Å²) >= 11 is 13.6. The number of aliphatic imine (C=N–C) groups is 1. The highest BCUT2D eigenvalue weighted by atomic mass is 35.5. The number of aliphatic hydroxyl groups excluding tert-OH is 1. The standard InChI is InChI=1S/C22H20Cl2N4O3S/c23-17-3-2-15(18(24)11-17)13-28-19-4-1-14(9-16(19)12-26-28)10-20-21(30)27-22(32-20)25-5-7-31-8-6-29/h1-4,9-12,29H,5-8,13H2,(H,25,27,30)/b20-10-. The predicted molar refractivity (Wildman–Crippen MR) is 129 cm³/mol. The molecular formula is C22H20Cl2N4O3S. The molecule has 1 aromatic heterocycles. The largest absolute Gasteiger partial charge is 0.394 e. The lowest BCUT2D eigenvalue weighted by Crippen LogP contribution is -2.24. The van der Waals surface area contributed by atoms with Crippen LogP contribution in [0.4, 0.5) is 0 Å². The van der Waals surface area contributed by atoms with E-state index in [0.717, 1.165) is 22.0 Å². The molecule has 166 valence electrons. The average molecular weight is 491 g/mol. The minimum Gasteiger partial charge on any atom is -0.394 e. The first-order valence-electron chi connectivity index (χ1n) is 9.88. The Bertz CT molecular complexity index is 1210. The van der Waals surface area contributed by atoms with Crippen LogP contribution >= 0.6 is 35.0 Å². The molecule has 2 heterocycles. The van der Waals surface area contributed by atoms with Gasteiger partial charge in [0.05, 0.1) is 43.0 Å². The first-order valence-corrected chi connectivity index (χ1v) is 11.5. The number of nitrogens with one attached hydrogen (secondary N) is 1. The summed E-state index contributed by atoms with van der Waals surface area (Å²) in [5.41, 5.74) is 2.78. The quantitative estimate of drug-likeness (QED) is 0.367. The number of ether oxygens (including phenoxy) is 1. The third-order valence-corrected chi connectivity index (χ3v) is 6.21. The number of carbonyl (C=O) groups is 1. The summed E-state index contributed by atoms with van der Waals surface area (Å²) in [4.78, 5) is 16.8. The van der Waals surface area contributed by atoms with E-state index in [1.165, 1.54) is 11.8 Å². The van der Waals surface area contributed by atoms with E-state index in [2.05, 4.69) is 15.4 Å². The van der Waals surface area contributed by atoms with E-state index in [-0.39, 0.29) is 19.1 Å². The van der Waals surface area contributed by atoms with Crippen molar-refractivity contribution in [2.24, 2.45) is 4.99 Å². The lowest BCUT2D eigenvalue weighted by atomic mass is 10.1. The molecule has 2 aromatic carbocycles. The van der Waals surface area contributed by atoms with Crippen LogP contribution in [0.25, 0.3) is 17.0 Å². The van der Waals surface area contributed by atoms with Crippen molar-refractivity contribution < 1.29 is 14.6 Å². The maximum Gasteiger partial charge on any atom is 0.286 e. The number of fused-ring (bicyclic) bond motifs is 1. The van der Waals surface area contributed by atoms with Crippen molar-refractivity contribution in [3.63, 3.8) is 0 Å². The van der Waals surface area contributed by atoms with Gasteiger partial charge in [-0.1, -0.05) is 35.3 Å². The van der Waals surface area contributed by atoms with Gasteiger partial charge >= 0.3 is 0 Å². The summed E-state index contributed by atoms with van der Waals surface area (Å²) in [6.07, 6.45) is 3.61. The van der Waals surface area contributed by atoms with Gasteiger partial charge in [0.25, 0.3) is 5.91 Å². The van der Waals surface area contributed by atoms with Gasteiger partial charge in [0.1, 0.15) is 0 Å². The zero-order chi connectivity index (χ0) is 22.5. The van der Waals surface area contributed by atoms with E-state index in [1.54, 1.807) is 12.3 Å². The van der Waals surface area contributed by atoms with Gasteiger partial charge in [0.2, 0.25) is 0 Å². The smallest absolute Gasteiger partial charge is 0.286 e. The molecule has 3 aromatic rings. The van der Waals surface area contributed by atoms with Crippen LogP contribution in [0.3, 0.4) is 0 Å². The fraction of sp³-hybridized carbons (Fsp3) is 0.227. The number of hydrogen-bond acceptors (Lipinski definition) is 6. The number of thioether (sulfide) groups is 1. The lowest BCUT2D eigenvalue weighted by Gasteiger charge is -2.07. The van der Waals surface area contributed by atoms with E-state index < -0.39 is 0 Å². The minimum absolute atomic E-state index is 0.0147. The maximum atomic E-state index is 12.2. The van der Waals surface area contributed by atoms with E-state index in [1.807, 2.05) is 41.1 Å². The van der Waals surface area contributed by atoms with Crippen LogP contribution in [-0.4, -0.2) is 52.3 Å². The fourth-order valence-electron chi connectivity index (χ4n) is 3.17. The lowest BCUT2D eigenvalue weighted by molar-refractivity contribution is -0.113. The summed E-state index contributed by atoms with van der Waals surface area (Å²) in [5.74, 6) is -0.276. The highest BCUT2D eigenvalue weighted by Crippen LogP contribution is 2.29. The first kappa shape index (κ1) is 22.8. The Hall–Kier alpha value is -2.36. The number of benzene rings is 2. The molecule has 4 rings (SSSR count). The Morgan fingerprint density at radius 1 is 1.19 bits per heavy atom. The molecular weight excluding hydrogens is 471 g/mol. The Labute approximate surface area is 199 Å². The highest BCUT2D eigenvalue weighted by Gasteiger charge is 2.21. The van der Waals surface area contributed by atoms with Crippen LogP contribution in [0.5, 0.6) is 0 Å². The zero-order valence-corrected chi connectivity index (χ0v) is 19.3. The van der Waals surface area contributed by atoms with Gasteiger partial charge in [-0.3, -0.25) is 9.48 Å². The van der Waals surface area contributed by atoms with Crippen molar-refractivity contribution in [2.75, 3.05) is 26.4 Å². The number of carbonyl (C=O) groups excluding carboxylic acids is 1. The second kappa shape index (κ2) is 10.5. The summed E-state index contributed by atoms with van der Waals surface area (Å²) < 4.78 is 7.06. The molecule has 0 radical (unpaired) electrons. The maximum absolute atomic E-state index is 12.2. The Balaban J connectivity index is 1.43. The SMILES string of the molecule is O=C1N=C(NCCOCCO)S/C1=C\c1ccc2c(cnn2Cc2ccc(Cl)cc2Cl)c1. The van der Waals surface area contributed by atoms with Crippen molar-refractivity contribution in [1.29, 1.82) is 0 Å². The molecule has 7 nitrogen and oxygen atoms in total. The van der Waals surface area contributed by atoms with E-state index in [0.29, 0.717) is 39.8 Å². The highest BCUT2D eigenvalue weighted by molar-refractivity contribution is 8.18. The topological polar surface area (TPSA) is 88.7 Å². The molecule has 0 saturated heterocycles. The van der Waals surface area contributed by atoms with Crippen molar-refractivity contribution in [2.45, 2.75) is 6.54 Å². The molecule has 1 amide bonds. The molecule has 0 fully saturated rings. The van der Waals surface area contributed by atoms with Gasteiger partial charge in [-0.05, 0) is 53.2 Å². The molecule has 10 heteroatoms. The molecule has 0 unspecified atom stereocenters. The molecule has 0 bridgehead atoms. The van der Waals surface area contributed by atoms with Crippen molar-refractivity contribution in [3.05, 3.63) is 68.7 Å². The number of hydrogen-bond donors (Lipinski definition) is 2. The Morgan fingerprint density at radius 3 is 2.88 bits per heavy atom. The van der Waals surface area contributed by atoms with Crippen LogP contribution in [0, 0.1) is 0 Å². The number of halogens is 2. The normalized spacial score (nSPS) is 15.0. The molecule has 0 saturated carbocycles. The van der Waals surface area contributed by atoms with Crippen LogP contribution < -0.4 is 5.32 Å². The zero-order valence-electron chi connectivity index (χ0n) is 16.9. The first-order chi connectivity index (χ1) is 15.5. The molecule has 0 aliphatic carbocycles. The van der Waals surface area contributed by atoms with E-state index in [4.69, 9.17) is 33.0 Å². The summed E-state index contributed by atoms with van der Waals surface area (Å²) in [7, 11) is 0. The second-order valence-corrected chi connectivity index (χ2v) is 8.83. The third kappa shape index (κ3) is 5.51. The van der Waals surface area contributed by atoms with Crippen LogP contribution in [0.1, 0.15) is 11.1 Å². The van der Waals surface area contributed by atoms with Crippen molar-refractivity contribution in [3.8, 4) is 0 Å². The second-order valence-electron chi connectivity index (χ2n) is 6.95. The number of amides is 1. The number of aliphatic hydroxyl groups is 1. The minimum atomic E-state index is -0.276.